The molecule has 2 N–H and O–H groups in total. The van der Waals surface area contributed by atoms with E-state index in [0.717, 1.165) is 12.5 Å². The van der Waals surface area contributed by atoms with Crippen LogP contribution in [0.25, 0.3) is 0 Å². The van der Waals surface area contributed by atoms with E-state index >= 15 is 0 Å². The number of anilines is 1. The minimum absolute atomic E-state index is 0.0124. The largest absolute Gasteiger partial charge is 0.478 e. The van der Waals surface area contributed by atoms with Crippen LogP contribution in [0.5, 0.6) is 0 Å². The lowest BCUT2D eigenvalue weighted by atomic mass is 9.85. The van der Waals surface area contributed by atoms with Crippen LogP contribution >= 0.6 is 0 Å². The number of carbonyl (C=O) groups excluding carboxylic acids is 1. The van der Waals surface area contributed by atoms with E-state index in [4.69, 9.17) is 5.11 Å². The molecule has 0 radical (unpaired) electrons. The molecule has 3 rings (SSSR count). The topological polar surface area (TPSA) is 66.4 Å². The Bertz CT molecular complexity index is 596. The van der Waals surface area contributed by atoms with Crippen LogP contribution in [0.3, 0.4) is 0 Å². The predicted molar refractivity (Wildman–Crippen MR) is 80.2 cm³/mol. The molecule has 0 saturated heterocycles. The van der Waals surface area contributed by atoms with Crippen molar-refractivity contribution >= 4 is 17.6 Å². The van der Waals surface area contributed by atoms with Gasteiger partial charge in [-0.25, -0.2) is 9.18 Å². The van der Waals surface area contributed by atoms with Gasteiger partial charge < -0.3 is 10.4 Å². The van der Waals surface area contributed by atoms with Crippen LogP contribution in [0, 0.1) is 23.6 Å². The Morgan fingerprint density at radius 3 is 2.55 bits per heavy atom. The van der Waals surface area contributed by atoms with Gasteiger partial charge in [0.05, 0.1) is 11.3 Å². The molecule has 1 aromatic carbocycles. The molecule has 5 heteroatoms. The molecule has 2 fully saturated rings. The van der Waals surface area contributed by atoms with Gasteiger partial charge in [0, 0.05) is 5.92 Å². The Kier molecular flexibility index (Phi) is 4.14. The highest BCUT2D eigenvalue weighted by molar-refractivity contribution is 5.95. The number of rotatable bonds is 4. The van der Waals surface area contributed by atoms with Gasteiger partial charge in [-0.15, -0.1) is 0 Å². The summed E-state index contributed by atoms with van der Waals surface area (Å²) in [6, 6.07) is 3.55. The van der Waals surface area contributed by atoms with Crippen molar-refractivity contribution in [1.82, 2.24) is 0 Å². The third kappa shape index (κ3) is 3.13. The van der Waals surface area contributed by atoms with E-state index in [2.05, 4.69) is 5.32 Å². The summed E-state index contributed by atoms with van der Waals surface area (Å²) < 4.78 is 13.8. The number of carboxylic acid groups (broad SMARTS) is 1. The first-order valence-corrected chi connectivity index (χ1v) is 7.90. The number of carboxylic acids is 1. The Labute approximate surface area is 128 Å². The quantitative estimate of drug-likeness (QED) is 0.891. The number of nitrogens with one attached hydrogen (secondary N) is 1. The highest BCUT2D eigenvalue weighted by Crippen LogP contribution is 2.49. The fourth-order valence-corrected chi connectivity index (χ4v) is 3.57. The number of carbonyl (C=O) groups is 2. The normalized spacial score (nSPS) is 24.8. The minimum Gasteiger partial charge on any atom is -0.478 e. The predicted octanol–water partition coefficient (Wildman–Crippen LogP) is 3.68. The molecule has 0 aliphatic heterocycles. The Morgan fingerprint density at radius 1 is 1.18 bits per heavy atom. The number of halogens is 1. The number of aromatic carboxylic acids is 1. The molecule has 2 atom stereocenters. The van der Waals surface area contributed by atoms with E-state index in [1.54, 1.807) is 0 Å². The van der Waals surface area contributed by atoms with Gasteiger partial charge in [0.15, 0.2) is 0 Å². The van der Waals surface area contributed by atoms with Gasteiger partial charge in [-0.1, -0.05) is 32.1 Å². The molecule has 118 valence electrons. The van der Waals surface area contributed by atoms with Crippen molar-refractivity contribution in [2.75, 3.05) is 5.32 Å². The van der Waals surface area contributed by atoms with Crippen LogP contribution in [0.15, 0.2) is 18.2 Å². The number of hydrogen-bond donors (Lipinski definition) is 2. The fraction of sp³-hybridized carbons (Fsp3) is 0.529. The maximum atomic E-state index is 13.8. The lowest BCUT2D eigenvalue weighted by molar-refractivity contribution is -0.117. The number of hydrogen-bond acceptors (Lipinski definition) is 2. The molecule has 2 aliphatic carbocycles. The van der Waals surface area contributed by atoms with Crippen LogP contribution in [-0.2, 0) is 4.79 Å². The number of amides is 1. The van der Waals surface area contributed by atoms with Gasteiger partial charge in [-0.3, -0.25) is 4.79 Å². The van der Waals surface area contributed by atoms with Gasteiger partial charge in [0.1, 0.15) is 5.82 Å². The third-order valence-electron chi connectivity index (χ3n) is 4.91. The zero-order chi connectivity index (χ0) is 15.7. The molecule has 4 nitrogen and oxygen atoms in total. The second kappa shape index (κ2) is 6.07. The highest BCUT2D eigenvalue weighted by atomic mass is 19.1. The molecule has 22 heavy (non-hydrogen) atoms. The third-order valence-corrected chi connectivity index (χ3v) is 4.91. The summed E-state index contributed by atoms with van der Waals surface area (Å²) >= 11 is 0. The zero-order valence-electron chi connectivity index (χ0n) is 12.3. The van der Waals surface area contributed by atoms with Gasteiger partial charge in [0.2, 0.25) is 5.91 Å². The van der Waals surface area contributed by atoms with Gasteiger partial charge in [-0.05, 0) is 36.5 Å². The second-order valence-corrected chi connectivity index (χ2v) is 6.39. The van der Waals surface area contributed by atoms with Crippen LogP contribution in [-0.4, -0.2) is 17.0 Å². The Hall–Kier alpha value is -1.91. The first-order chi connectivity index (χ1) is 10.6. The maximum absolute atomic E-state index is 13.8. The van der Waals surface area contributed by atoms with E-state index in [0.29, 0.717) is 11.8 Å². The van der Waals surface area contributed by atoms with Gasteiger partial charge in [0.25, 0.3) is 0 Å². The molecule has 2 aliphatic rings. The van der Waals surface area contributed by atoms with E-state index in [-0.39, 0.29) is 23.1 Å². The summed E-state index contributed by atoms with van der Waals surface area (Å²) in [7, 11) is 0. The van der Waals surface area contributed by atoms with Gasteiger partial charge in [-0.2, -0.15) is 0 Å². The van der Waals surface area contributed by atoms with Crippen LogP contribution in [0.2, 0.25) is 0 Å². The standard InChI is InChI=1S/C17H20FNO3/c18-14-8-11(17(21)22)6-7-15(14)19-16(20)13-9-12(13)10-4-2-1-3-5-10/h6-8,10,12-13H,1-5,9H2,(H,19,20)(H,21,22). The monoisotopic (exact) mass is 305 g/mol. The smallest absolute Gasteiger partial charge is 0.335 e. The summed E-state index contributed by atoms with van der Waals surface area (Å²) in [5.74, 6) is -0.955. The molecule has 2 unspecified atom stereocenters. The van der Waals surface area contributed by atoms with Crippen molar-refractivity contribution < 1.29 is 19.1 Å². The average molecular weight is 305 g/mol. The van der Waals surface area contributed by atoms with Crippen molar-refractivity contribution in [3.05, 3.63) is 29.6 Å². The van der Waals surface area contributed by atoms with E-state index in [9.17, 15) is 14.0 Å². The van der Waals surface area contributed by atoms with Crippen LogP contribution in [0.4, 0.5) is 10.1 Å². The summed E-state index contributed by atoms with van der Waals surface area (Å²) in [5.41, 5.74) is -0.0636. The highest BCUT2D eigenvalue weighted by Gasteiger charge is 2.47. The first kappa shape index (κ1) is 15.0. The van der Waals surface area contributed by atoms with Crippen molar-refractivity contribution in [1.29, 1.82) is 0 Å². The fourth-order valence-electron chi connectivity index (χ4n) is 3.57. The van der Waals surface area contributed by atoms with Crippen LogP contribution < -0.4 is 5.32 Å². The second-order valence-electron chi connectivity index (χ2n) is 6.39. The summed E-state index contributed by atoms with van der Waals surface area (Å²) in [6.07, 6.45) is 7.10. The molecule has 1 aromatic rings. The molecule has 0 spiro atoms. The van der Waals surface area contributed by atoms with Crippen LogP contribution in [0.1, 0.15) is 48.9 Å². The first-order valence-electron chi connectivity index (χ1n) is 7.90. The van der Waals surface area contributed by atoms with E-state index in [1.165, 1.54) is 44.2 Å². The molecular weight excluding hydrogens is 285 g/mol. The Balaban J connectivity index is 1.59. The summed E-state index contributed by atoms with van der Waals surface area (Å²) in [5, 5.41) is 11.4. The van der Waals surface area contributed by atoms with E-state index < -0.39 is 11.8 Å². The lowest BCUT2D eigenvalue weighted by Gasteiger charge is -2.21. The SMILES string of the molecule is O=C(O)c1ccc(NC(=O)C2CC2C2CCCCC2)c(F)c1. The van der Waals surface area contributed by atoms with Crippen molar-refractivity contribution in [2.24, 2.45) is 17.8 Å². The summed E-state index contributed by atoms with van der Waals surface area (Å²) in [4.78, 5) is 23.0. The Morgan fingerprint density at radius 2 is 1.91 bits per heavy atom. The minimum atomic E-state index is -1.18. The lowest BCUT2D eigenvalue weighted by Crippen LogP contribution is -2.19. The van der Waals surface area contributed by atoms with Crippen molar-refractivity contribution in [3.8, 4) is 0 Å². The molecular formula is C17H20FNO3. The maximum Gasteiger partial charge on any atom is 0.335 e. The molecule has 0 aromatic heterocycles. The molecule has 2 saturated carbocycles. The zero-order valence-corrected chi connectivity index (χ0v) is 12.3. The van der Waals surface area contributed by atoms with Crippen molar-refractivity contribution in [3.63, 3.8) is 0 Å². The average Bonchev–Trinajstić information content (AvgIpc) is 3.30. The van der Waals surface area contributed by atoms with Gasteiger partial charge >= 0.3 is 5.97 Å². The summed E-state index contributed by atoms with van der Waals surface area (Å²) in [6.45, 7) is 0. The molecule has 0 heterocycles. The van der Waals surface area contributed by atoms with Crippen molar-refractivity contribution in [2.45, 2.75) is 38.5 Å². The molecule has 1 amide bonds. The van der Waals surface area contributed by atoms with E-state index in [1.807, 2.05) is 0 Å². The molecule has 0 bridgehead atoms. The number of benzene rings is 1.